The molecule has 0 aliphatic heterocycles. The lowest BCUT2D eigenvalue weighted by Crippen LogP contribution is -2.10. The summed E-state index contributed by atoms with van der Waals surface area (Å²) in [6.45, 7) is 0. The van der Waals surface area contributed by atoms with Crippen molar-refractivity contribution >= 4 is 5.78 Å². The molecule has 0 atom stereocenters. The Morgan fingerprint density at radius 3 is 2.00 bits per heavy atom. The van der Waals surface area contributed by atoms with Crippen LogP contribution >= 0.6 is 0 Å². The second-order valence-corrected chi connectivity index (χ2v) is 4.09. The zero-order chi connectivity index (χ0) is 15.6. The molecule has 0 aliphatic rings. The van der Waals surface area contributed by atoms with Gasteiger partial charge in [0.2, 0.25) is 5.78 Å². The minimum Gasteiger partial charge on any atom is -0.496 e. The summed E-state index contributed by atoms with van der Waals surface area (Å²) in [4.78, 5) is 12.4. The van der Waals surface area contributed by atoms with Crippen molar-refractivity contribution < 1.29 is 27.4 Å². The molecule has 2 aromatic carbocycles. The Hall–Kier alpha value is -2.50. The van der Waals surface area contributed by atoms with Crippen molar-refractivity contribution in [2.45, 2.75) is 0 Å². The molecule has 110 valence electrons. The van der Waals surface area contributed by atoms with Crippen LogP contribution in [0.3, 0.4) is 0 Å². The SMILES string of the molecule is COc1cccc(OC)c1C(=O)c1ccc(F)c(F)c1F. The Morgan fingerprint density at radius 1 is 0.905 bits per heavy atom. The van der Waals surface area contributed by atoms with Crippen LogP contribution in [0.2, 0.25) is 0 Å². The van der Waals surface area contributed by atoms with Gasteiger partial charge in [-0.05, 0) is 24.3 Å². The van der Waals surface area contributed by atoms with Gasteiger partial charge in [-0.2, -0.15) is 0 Å². The number of carbonyl (C=O) groups excluding carboxylic acids is 1. The van der Waals surface area contributed by atoms with E-state index in [1.54, 1.807) is 6.07 Å². The van der Waals surface area contributed by atoms with Gasteiger partial charge in [-0.3, -0.25) is 4.79 Å². The molecule has 0 aromatic heterocycles. The fraction of sp³-hybridized carbons (Fsp3) is 0.133. The molecule has 0 fully saturated rings. The summed E-state index contributed by atoms with van der Waals surface area (Å²) >= 11 is 0. The maximum Gasteiger partial charge on any atom is 0.203 e. The number of benzene rings is 2. The highest BCUT2D eigenvalue weighted by Gasteiger charge is 2.25. The Bertz CT molecular complexity index is 677. The van der Waals surface area contributed by atoms with Crippen LogP contribution in [-0.4, -0.2) is 20.0 Å². The normalized spacial score (nSPS) is 10.3. The quantitative estimate of drug-likeness (QED) is 0.641. The molecule has 21 heavy (non-hydrogen) atoms. The second-order valence-electron chi connectivity index (χ2n) is 4.09. The van der Waals surface area contributed by atoms with Gasteiger partial charge in [-0.15, -0.1) is 0 Å². The van der Waals surface area contributed by atoms with Crippen LogP contribution in [0.1, 0.15) is 15.9 Å². The topological polar surface area (TPSA) is 35.5 Å². The van der Waals surface area contributed by atoms with Gasteiger partial charge in [-0.1, -0.05) is 6.07 Å². The van der Waals surface area contributed by atoms with E-state index in [1.807, 2.05) is 0 Å². The van der Waals surface area contributed by atoms with Crippen molar-refractivity contribution in [1.82, 2.24) is 0 Å². The minimum atomic E-state index is -1.70. The van der Waals surface area contributed by atoms with Gasteiger partial charge < -0.3 is 9.47 Å². The Labute approximate surface area is 118 Å². The average molecular weight is 296 g/mol. The van der Waals surface area contributed by atoms with E-state index in [4.69, 9.17) is 9.47 Å². The van der Waals surface area contributed by atoms with Crippen LogP contribution < -0.4 is 9.47 Å². The standard InChI is InChI=1S/C15H11F3O3/c1-20-10-4-3-5-11(21-2)12(10)15(19)8-6-7-9(16)14(18)13(8)17/h3-7H,1-2H3. The third-order valence-corrected chi connectivity index (χ3v) is 2.93. The molecular weight excluding hydrogens is 285 g/mol. The van der Waals surface area contributed by atoms with E-state index in [2.05, 4.69) is 0 Å². The van der Waals surface area contributed by atoms with Gasteiger partial charge in [0.25, 0.3) is 0 Å². The highest BCUT2D eigenvalue weighted by Crippen LogP contribution is 2.31. The number of ketones is 1. The van der Waals surface area contributed by atoms with Gasteiger partial charge >= 0.3 is 0 Å². The summed E-state index contributed by atoms with van der Waals surface area (Å²) in [5.41, 5.74) is -0.663. The van der Waals surface area contributed by atoms with E-state index in [-0.39, 0.29) is 17.1 Å². The van der Waals surface area contributed by atoms with Crippen molar-refractivity contribution in [3.8, 4) is 11.5 Å². The summed E-state index contributed by atoms with van der Waals surface area (Å²) in [6, 6.07) is 6.10. The first-order valence-corrected chi connectivity index (χ1v) is 5.90. The number of halogens is 3. The van der Waals surface area contributed by atoms with Crippen LogP contribution in [-0.2, 0) is 0 Å². The van der Waals surface area contributed by atoms with E-state index in [0.29, 0.717) is 6.07 Å². The molecule has 6 heteroatoms. The van der Waals surface area contributed by atoms with Crippen molar-refractivity contribution in [2.75, 3.05) is 14.2 Å². The predicted octanol–water partition coefficient (Wildman–Crippen LogP) is 3.35. The Morgan fingerprint density at radius 2 is 1.48 bits per heavy atom. The molecule has 2 aromatic rings. The summed E-state index contributed by atoms with van der Waals surface area (Å²) in [7, 11) is 2.65. The molecule has 2 rings (SSSR count). The monoisotopic (exact) mass is 296 g/mol. The molecule has 0 spiro atoms. The summed E-state index contributed by atoms with van der Waals surface area (Å²) in [6.07, 6.45) is 0. The molecule has 0 aliphatic carbocycles. The van der Waals surface area contributed by atoms with Crippen LogP contribution in [0.15, 0.2) is 30.3 Å². The van der Waals surface area contributed by atoms with Crippen LogP contribution in [0.5, 0.6) is 11.5 Å². The van der Waals surface area contributed by atoms with Crippen LogP contribution in [0.4, 0.5) is 13.2 Å². The van der Waals surface area contributed by atoms with Gasteiger partial charge in [0.15, 0.2) is 17.5 Å². The lowest BCUT2D eigenvalue weighted by Gasteiger charge is -2.12. The largest absolute Gasteiger partial charge is 0.496 e. The lowest BCUT2D eigenvalue weighted by molar-refractivity contribution is 0.102. The Balaban J connectivity index is 2.63. The van der Waals surface area contributed by atoms with Crippen molar-refractivity contribution in [3.63, 3.8) is 0 Å². The maximum absolute atomic E-state index is 13.8. The summed E-state index contributed by atoms with van der Waals surface area (Å²) in [5, 5.41) is 0. The van der Waals surface area contributed by atoms with E-state index >= 15 is 0 Å². The van der Waals surface area contributed by atoms with E-state index in [9.17, 15) is 18.0 Å². The van der Waals surface area contributed by atoms with Crippen molar-refractivity contribution in [1.29, 1.82) is 0 Å². The molecule has 0 heterocycles. The molecular formula is C15H11F3O3. The fourth-order valence-electron chi connectivity index (χ4n) is 1.91. The third kappa shape index (κ3) is 2.56. The first-order valence-electron chi connectivity index (χ1n) is 5.90. The zero-order valence-electron chi connectivity index (χ0n) is 11.2. The van der Waals surface area contributed by atoms with Crippen LogP contribution in [0.25, 0.3) is 0 Å². The molecule has 0 bridgehead atoms. The molecule has 0 unspecified atom stereocenters. The van der Waals surface area contributed by atoms with Gasteiger partial charge in [0.1, 0.15) is 17.1 Å². The predicted molar refractivity (Wildman–Crippen MR) is 69.3 cm³/mol. The number of hydrogen-bond acceptors (Lipinski definition) is 3. The van der Waals surface area contributed by atoms with Crippen LogP contribution in [0, 0.1) is 17.5 Å². The van der Waals surface area contributed by atoms with Gasteiger partial charge in [0, 0.05) is 0 Å². The van der Waals surface area contributed by atoms with Crippen molar-refractivity contribution in [3.05, 3.63) is 58.9 Å². The number of hydrogen-bond donors (Lipinski definition) is 0. The number of ether oxygens (including phenoxy) is 2. The van der Waals surface area contributed by atoms with Gasteiger partial charge in [-0.25, -0.2) is 13.2 Å². The highest BCUT2D eigenvalue weighted by molar-refractivity contribution is 6.12. The fourth-order valence-corrected chi connectivity index (χ4v) is 1.91. The number of carbonyl (C=O) groups is 1. The molecule has 0 saturated heterocycles. The van der Waals surface area contributed by atoms with E-state index in [1.165, 1.54) is 26.4 Å². The lowest BCUT2D eigenvalue weighted by atomic mass is 10.0. The van der Waals surface area contributed by atoms with Crippen molar-refractivity contribution in [2.24, 2.45) is 0 Å². The first kappa shape index (κ1) is 14.9. The average Bonchev–Trinajstić information content (AvgIpc) is 2.51. The maximum atomic E-state index is 13.8. The van der Waals surface area contributed by atoms with E-state index in [0.717, 1.165) is 6.07 Å². The molecule has 3 nitrogen and oxygen atoms in total. The second kappa shape index (κ2) is 5.87. The first-order chi connectivity index (χ1) is 10.0. The summed E-state index contributed by atoms with van der Waals surface area (Å²) < 4.78 is 50.0. The smallest absolute Gasteiger partial charge is 0.203 e. The number of methoxy groups -OCH3 is 2. The summed E-state index contributed by atoms with van der Waals surface area (Å²) in [5.74, 6) is -5.19. The number of rotatable bonds is 4. The molecule has 0 saturated carbocycles. The minimum absolute atomic E-state index is 0.0626. The highest BCUT2D eigenvalue weighted by atomic mass is 19.2. The molecule has 0 N–H and O–H groups in total. The molecule has 0 radical (unpaired) electrons. The third-order valence-electron chi connectivity index (χ3n) is 2.93. The van der Waals surface area contributed by atoms with Gasteiger partial charge in [0.05, 0.1) is 19.8 Å². The Kier molecular flexibility index (Phi) is 4.16. The zero-order valence-corrected chi connectivity index (χ0v) is 11.2. The molecule has 0 amide bonds. The van der Waals surface area contributed by atoms with E-state index < -0.39 is 28.8 Å².